The smallest absolute Gasteiger partial charge is 0.220 e. The number of hydrogen-bond acceptors (Lipinski definition) is 3. The summed E-state index contributed by atoms with van der Waals surface area (Å²) in [6.45, 7) is 6.16. The van der Waals surface area contributed by atoms with E-state index in [-0.39, 0.29) is 11.8 Å². The number of carbonyl (C=O) groups is 1. The van der Waals surface area contributed by atoms with E-state index in [9.17, 15) is 4.79 Å². The highest BCUT2D eigenvalue weighted by Crippen LogP contribution is 2.26. The number of primary amides is 1. The second kappa shape index (κ2) is 10.5. The molecule has 6 heteroatoms. The quantitative estimate of drug-likeness (QED) is 0.428. The standard InChI is InChI=1S/C22H35N5O/c1-24-22(27-16-11-20(17-27)18-7-3-2-4-8-18)25-12-5-6-13-26-14-9-19(10-15-26)21(23)28/h2-4,7-8,19-20H,5-6,9-17H2,1H3,(H2,23,28)(H,24,25). The molecule has 2 saturated heterocycles. The highest BCUT2D eigenvalue weighted by molar-refractivity contribution is 5.80. The Labute approximate surface area is 169 Å². The van der Waals surface area contributed by atoms with Crippen LogP contribution >= 0.6 is 0 Å². The molecule has 0 spiro atoms. The number of nitrogens with one attached hydrogen (secondary N) is 1. The molecule has 6 nitrogen and oxygen atoms in total. The van der Waals surface area contributed by atoms with Gasteiger partial charge in [0.2, 0.25) is 5.91 Å². The van der Waals surface area contributed by atoms with Crippen molar-refractivity contribution in [2.24, 2.45) is 16.6 Å². The van der Waals surface area contributed by atoms with Crippen molar-refractivity contribution in [2.75, 3.05) is 46.3 Å². The molecule has 0 aromatic heterocycles. The number of benzene rings is 1. The van der Waals surface area contributed by atoms with Gasteiger partial charge in [-0.05, 0) is 57.3 Å². The third-order valence-corrected chi connectivity index (χ3v) is 6.14. The summed E-state index contributed by atoms with van der Waals surface area (Å²) in [6.07, 6.45) is 5.31. The highest BCUT2D eigenvalue weighted by Gasteiger charge is 2.26. The van der Waals surface area contributed by atoms with E-state index < -0.39 is 0 Å². The summed E-state index contributed by atoms with van der Waals surface area (Å²) < 4.78 is 0. The van der Waals surface area contributed by atoms with Gasteiger partial charge < -0.3 is 20.9 Å². The first-order chi connectivity index (χ1) is 13.7. The van der Waals surface area contributed by atoms with Gasteiger partial charge in [0.25, 0.3) is 0 Å². The Balaban J connectivity index is 1.32. The van der Waals surface area contributed by atoms with Gasteiger partial charge in [-0.2, -0.15) is 0 Å². The molecule has 2 aliphatic rings. The minimum absolute atomic E-state index is 0.0846. The zero-order valence-corrected chi connectivity index (χ0v) is 17.1. The fourth-order valence-electron chi connectivity index (χ4n) is 4.38. The Kier molecular flexibility index (Phi) is 7.71. The molecule has 1 atom stereocenters. The normalized spacial score (nSPS) is 21.8. The van der Waals surface area contributed by atoms with Crippen molar-refractivity contribution in [2.45, 2.75) is 38.0 Å². The number of piperidine rings is 1. The zero-order chi connectivity index (χ0) is 19.8. The summed E-state index contributed by atoms with van der Waals surface area (Å²) in [7, 11) is 1.88. The third-order valence-electron chi connectivity index (χ3n) is 6.14. The molecule has 0 radical (unpaired) electrons. The molecule has 28 heavy (non-hydrogen) atoms. The summed E-state index contributed by atoms with van der Waals surface area (Å²) in [5.41, 5.74) is 6.84. The number of hydrogen-bond donors (Lipinski definition) is 2. The third kappa shape index (κ3) is 5.71. The van der Waals surface area contributed by atoms with Crippen LogP contribution in [0.3, 0.4) is 0 Å². The number of guanidine groups is 1. The van der Waals surface area contributed by atoms with Crippen molar-refractivity contribution in [3.8, 4) is 0 Å². The molecule has 1 unspecified atom stereocenters. The van der Waals surface area contributed by atoms with Crippen LogP contribution in [0.5, 0.6) is 0 Å². The fraction of sp³-hybridized carbons (Fsp3) is 0.636. The van der Waals surface area contributed by atoms with Crippen LogP contribution < -0.4 is 11.1 Å². The lowest BCUT2D eigenvalue weighted by Crippen LogP contribution is -2.41. The van der Waals surface area contributed by atoms with Crippen molar-refractivity contribution in [3.63, 3.8) is 0 Å². The monoisotopic (exact) mass is 385 g/mol. The summed E-state index contributed by atoms with van der Waals surface area (Å²) in [5, 5.41) is 3.54. The number of nitrogens with zero attached hydrogens (tertiary/aromatic N) is 3. The summed E-state index contributed by atoms with van der Waals surface area (Å²) in [4.78, 5) is 20.6. The molecule has 0 saturated carbocycles. The summed E-state index contributed by atoms with van der Waals surface area (Å²) in [6, 6.07) is 10.8. The summed E-state index contributed by atoms with van der Waals surface area (Å²) >= 11 is 0. The van der Waals surface area contributed by atoms with Gasteiger partial charge in [-0.25, -0.2) is 0 Å². The number of aliphatic imine (C=N–C) groups is 1. The Bertz CT molecular complexity index is 640. The number of likely N-dealkylation sites (tertiary alicyclic amines) is 2. The van der Waals surface area contributed by atoms with Gasteiger partial charge in [-0.3, -0.25) is 9.79 Å². The Morgan fingerprint density at radius 2 is 1.89 bits per heavy atom. The molecule has 0 aliphatic carbocycles. The van der Waals surface area contributed by atoms with Crippen LogP contribution in [0.4, 0.5) is 0 Å². The molecule has 1 amide bonds. The molecule has 2 aliphatic heterocycles. The first-order valence-electron chi connectivity index (χ1n) is 10.7. The van der Waals surface area contributed by atoms with E-state index in [1.54, 1.807) is 0 Å². The number of nitrogens with two attached hydrogens (primary N) is 1. The molecule has 154 valence electrons. The topological polar surface area (TPSA) is 74.0 Å². The van der Waals surface area contributed by atoms with Crippen molar-refractivity contribution >= 4 is 11.9 Å². The maximum atomic E-state index is 11.2. The minimum Gasteiger partial charge on any atom is -0.369 e. The van der Waals surface area contributed by atoms with E-state index in [0.717, 1.165) is 70.9 Å². The van der Waals surface area contributed by atoms with E-state index in [1.165, 1.54) is 12.0 Å². The van der Waals surface area contributed by atoms with Gasteiger partial charge >= 0.3 is 0 Å². The number of unbranched alkanes of at least 4 members (excludes halogenated alkanes) is 1. The lowest BCUT2D eigenvalue weighted by atomic mass is 9.96. The molecular weight excluding hydrogens is 350 g/mol. The van der Waals surface area contributed by atoms with Crippen molar-refractivity contribution in [1.82, 2.24) is 15.1 Å². The van der Waals surface area contributed by atoms with Crippen LogP contribution in [0.2, 0.25) is 0 Å². The first kappa shape index (κ1) is 20.6. The van der Waals surface area contributed by atoms with Crippen LogP contribution in [0, 0.1) is 5.92 Å². The van der Waals surface area contributed by atoms with E-state index in [1.807, 2.05) is 7.05 Å². The number of rotatable bonds is 7. The van der Waals surface area contributed by atoms with Crippen molar-refractivity contribution < 1.29 is 4.79 Å². The van der Waals surface area contributed by atoms with Gasteiger partial charge in [0, 0.05) is 38.5 Å². The first-order valence-corrected chi connectivity index (χ1v) is 10.7. The maximum absolute atomic E-state index is 11.2. The van der Waals surface area contributed by atoms with Gasteiger partial charge in [-0.15, -0.1) is 0 Å². The molecular formula is C22H35N5O. The minimum atomic E-state index is -0.133. The zero-order valence-electron chi connectivity index (χ0n) is 17.1. The van der Waals surface area contributed by atoms with E-state index in [4.69, 9.17) is 5.73 Å². The average molecular weight is 386 g/mol. The number of carbonyl (C=O) groups excluding carboxylic acids is 1. The van der Waals surface area contributed by atoms with E-state index >= 15 is 0 Å². The summed E-state index contributed by atoms with van der Waals surface area (Å²) in [5.74, 6) is 1.58. The van der Waals surface area contributed by atoms with E-state index in [0.29, 0.717) is 5.92 Å². The molecule has 1 aromatic rings. The van der Waals surface area contributed by atoms with Gasteiger partial charge in [-0.1, -0.05) is 30.3 Å². The SMILES string of the molecule is CN=C(NCCCCN1CCC(C(N)=O)CC1)N1CCC(c2ccccc2)C1. The Morgan fingerprint density at radius 1 is 1.14 bits per heavy atom. The van der Waals surface area contributed by atoms with Gasteiger partial charge in [0.05, 0.1) is 0 Å². The maximum Gasteiger partial charge on any atom is 0.220 e. The second-order valence-corrected chi connectivity index (χ2v) is 8.04. The van der Waals surface area contributed by atoms with Crippen LogP contribution in [0.25, 0.3) is 0 Å². The molecule has 3 rings (SSSR count). The van der Waals surface area contributed by atoms with Crippen LogP contribution in [-0.4, -0.2) is 68.0 Å². The van der Waals surface area contributed by atoms with Crippen LogP contribution in [-0.2, 0) is 4.79 Å². The molecule has 2 fully saturated rings. The molecule has 2 heterocycles. The highest BCUT2D eigenvalue weighted by atomic mass is 16.1. The average Bonchev–Trinajstić information content (AvgIpc) is 3.21. The second-order valence-electron chi connectivity index (χ2n) is 8.04. The molecule has 1 aromatic carbocycles. The van der Waals surface area contributed by atoms with Crippen LogP contribution in [0.1, 0.15) is 43.6 Å². The Hall–Kier alpha value is -2.08. The molecule has 0 bridgehead atoms. The predicted octanol–water partition coefficient (Wildman–Crippen LogP) is 2.03. The number of amides is 1. The van der Waals surface area contributed by atoms with E-state index in [2.05, 4.69) is 50.4 Å². The van der Waals surface area contributed by atoms with Gasteiger partial charge in [0.15, 0.2) is 5.96 Å². The van der Waals surface area contributed by atoms with Gasteiger partial charge in [0.1, 0.15) is 0 Å². The van der Waals surface area contributed by atoms with Crippen molar-refractivity contribution in [3.05, 3.63) is 35.9 Å². The molecule has 3 N–H and O–H groups in total. The predicted molar refractivity (Wildman–Crippen MR) is 114 cm³/mol. The lowest BCUT2D eigenvalue weighted by molar-refractivity contribution is -0.123. The van der Waals surface area contributed by atoms with Crippen LogP contribution in [0.15, 0.2) is 35.3 Å². The largest absolute Gasteiger partial charge is 0.369 e. The fourth-order valence-corrected chi connectivity index (χ4v) is 4.38. The Morgan fingerprint density at radius 3 is 2.57 bits per heavy atom. The lowest BCUT2D eigenvalue weighted by Gasteiger charge is -2.30. The van der Waals surface area contributed by atoms with Crippen molar-refractivity contribution in [1.29, 1.82) is 0 Å².